The van der Waals surface area contributed by atoms with Crippen LogP contribution in [0.1, 0.15) is 12.5 Å². The molecule has 0 bridgehead atoms. The Balaban J connectivity index is 2.47. The van der Waals surface area contributed by atoms with E-state index in [-0.39, 0.29) is 0 Å². The average Bonchev–Trinajstić information content (AvgIpc) is 2.24. The topological polar surface area (TPSA) is 12.0 Å². The molecule has 0 aliphatic carbocycles. The van der Waals surface area contributed by atoms with Crippen LogP contribution in [0.3, 0.4) is 0 Å². The molecular formula is C11H15Cl2NS. The van der Waals surface area contributed by atoms with Crippen molar-refractivity contribution < 1.29 is 0 Å². The van der Waals surface area contributed by atoms with Gasteiger partial charge in [-0.2, -0.15) is 11.8 Å². The van der Waals surface area contributed by atoms with Crippen molar-refractivity contribution >= 4 is 35.0 Å². The number of thioether (sulfide) groups is 1. The number of halogens is 2. The minimum atomic E-state index is 0.614. The van der Waals surface area contributed by atoms with Gasteiger partial charge in [-0.15, -0.1) is 0 Å². The van der Waals surface area contributed by atoms with E-state index in [2.05, 4.69) is 18.5 Å². The monoisotopic (exact) mass is 263 g/mol. The molecule has 0 aliphatic heterocycles. The molecule has 1 atom stereocenters. The first kappa shape index (κ1) is 13.2. The minimum absolute atomic E-state index is 0.614. The van der Waals surface area contributed by atoms with Crippen molar-refractivity contribution in [1.82, 2.24) is 5.32 Å². The molecule has 1 unspecified atom stereocenters. The van der Waals surface area contributed by atoms with E-state index in [4.69, 9.17) is 23.2 Å². The van der Waals surface area contributed by atoms with Gasteiger partial charge < -0.3 is 5.32 Å². The van der Waals surface area contributed by atoms with Crippen LogP contribution in [0.15, 0.2) is 18.2 Å². The van der Waals surface area contributed by atoms with Gasteiger partial charge in [0.25, 0.3) is 0 Å². The molecular weight excluding hydrogens is 249 g/mol. The highest BCUT2D eigenvalue weighted by molar-refractivity contribution is 7.99. The van der Waals surface area contributed by atoms with Crippen LogP contribution in [0, 0.1) is 0 Å². The van der Waals surface area contributed by atoms with Crippen molar-refractivity contribution in [3.63, 3.8) is 0 Å². The second-order valence-electron chi connectivity index (χ2n) is 3.39. The number of hydrogen-bond donors (Lipinski definition) is 1. The predicted octanol–water partition coefficient (Wildman–Crippen LogP) is 3.83. The van der Waals surface area contributed by atoms with Gasteiger partial charge in [0.05, 0.1) is 10.0 Å². The zero-order chi connectivity index (χ0) is 11.3. The summed E-state index contributed by atoms with van der Waals surface area (Å²) in [4.78, 5) is 0. The Kier molecular flexibility index (Phi) is 5.83. The zero-order valence-corrected chi connectivity index (χ0v) is 11.2. The van der Waals surface area contributed by atoms with E-state index in [1.807, 2.05) is 23.9 Å². The second-order valence-corrected chi connectivity index (χ2v) is 5.45. The molecule has 4 heteroatoms. The summed E-state index contributed by atoms with van der Waals surface area (Å²) >= 11 is 13.8. The molecule has 0 aliphatic rings. The van der Waals surface area contributed by atoms with E-state index >= 15 is 0 Å². The fourth-order valence-corrected chi connectivity index (χ4v) is 1.85. The zero-order valence-electron chi connectivity index (χ0n) is 8.89. The van der Waals surface area contributed by atoms with Crippen LogP contribution in [0.5, 0.6) is 0 Å². The maximum Gasteiger partial charge on any atom is 0.0637 e. The second kappa shape index (κ2) is 6.64. The van der Waals surface area contributed by atoms with Crippen LogP contribution in [-0.2, 0) is 6.54 Å². The van der Waals surface area contributed by atoms with E-state index in [1.54, 1.807) is 6.07 Å². The van der Waals surface area contributed by atoms with E-state index in [0.29, 0.717) is 15.3 Å². The summed E-state index contributed by atoms with van der Waals surface area (Å²) in [6.07, 6.45) is 2.11. The third-order valence-electron chi connectivity index (χ3n) is 2.18. The van der Waals surface area contributed by atoms with Crippen LogP contribution in [0.2, 0.25) is 10.0 Å². The summed E-state index contributed by atoms with van der Waals surface area (Å²) in [6.45, 7) is 3.94. The lowest BCUT2D eigenvalue weighted by atomic mass is 10.2. The Morgan fingerprint density at radius 3 is 2.80 bits per heavy atom. The smallest absolute Gasteiger partial charge is 0.0637 e. The molecule has 15 heavy (non-hydrogen) atoms. The molecule has 0 heterocycles. The predicted molar refractivity (Wildman–Crippen MR) is 71.1 cm³/mol. The summed E-state index contributed by atoms with van der Waals surface area (Å²) in [7, 11) is 0. The lowest BCUT2D eigenvalue weighted by Gasteiger charge is -2.11. The number of nitrogens with one attached hydrogen (secondary N) is 1. The minimum Gasteiger partial charge on any atom is -0.312 e. The Morgan fingerprint density at radius 2 is 2.13 bits per heavy atom. The molecule has 1 aromatic carbocycles. The molecule has 1 nitrogen and oxygen atoms in total. The fraction of sp³-hybridized carbons (Fsp3) is 0.455. The molecule has 1 rings (SSSR count). The van der Waals surface area contributed by atoms with Gasteiger partial charge in [-0.25, -0.2) is 0 Å². The summed E-state index contributed by atoms with van der Waals surface area (Å²) in [5.74, 6) is 0. The average molecular weight is 264 g/mol. The highest BCUT2D eigenvalue weighted by Crippen LogP contribution is 2.25. The highest BCUT2D eigenvalue weighted by Gasteiger charge is 2.04. The van der Waals surface area contributed by atoms with Gasteiger partial charge in [0.15, 0.2) is 0 Å². The van der Waals surface area contributed by atoms with Crippen molar-refractivity contribution in [2.45, 2.75) is 18.7 Å². The lowest BCUT2D eigenvalue weighted by molar-refractivity contribution is 0.685. The lowest BCUT2D eigenvalue weighted by Crippen LogP contribution is -2.22. The van der Waals surface area contributed by atoms with Gasteiger partial charge in [-0.3, -0.25) is 0 Å². The van der Waals surface area contributed by atoms with Gasteiger partial charge in [0.2, 0.25) is 0 Å². The Bertz CT molecular complexity index is 317. The van der Waals surface area contributed by atoms with E-state index < -0.39 is 0 Å². The Labute approximate surface area is 106 Å². The molecule has 1 N–H and O–H groups in total. The molecule has 0 fully saturated rings. The molecule has 0 spiro atoms. The summed E-state index contributed by atoms with van der Waals surface area (Å²) in [6, 6.07) is 5.71. The third kappa shape index (κ3) is 4.23. The van der Waals surface area contributed by atoms with Crippen LogP contribution in [0.25, 0.3) is 0 Å². The van der Waals surface area contributed by atoms with Crippen molar-refractivity contribution in [2.24, 2.45) is 0 Å². The SMILES string of the molecule is CSC(C)CNCc1cccc(Cl)c1Cl. The maximum atomic E-state index is 6.07. The first-order valence-electron chi connectivity index (χ1n) is 4.81. The summed E-state index contributed by atoms with van der Waals surface area (Å²) in [5, 5.41) is 5.25. The first-order chi connectivity index (χ1) is 7.15. The van der Waals surface area contributed by atoms with E-state index in [0.717, 1.165) is 18.7 Å². The van der Waals surface area contributed by atoms with Gasteiger partial charge in [0, 0.05) is 18.3 Å². The van der Waals surface area contributed by atoms with Gasteiger partial charge in [-0.05, 0) is 17.9 Å². The third-order valence-corrected chi connectivity index (χ3v) is 4.01. The van der Waals surface area contributed by atoms with Crippen LogP contribution in [-0.4, -0.2) is 18.1 Å². The Morgan fingerprint density at radius 1 is 1.40 bits per heavy atom. The summed E-state index contributed by atoms with van der Waals surface area (Å²) < 4.78 is 0. The molecule has 0 radical (unpaired) electrons. The van der Waals surface area contributed by atoms with Crippen molar-refractivity contribution in [2.75, 3.05) is 12.8 Å². The van der Waals surface area contributed by atoms with Gasteiger partial charge >= 0.3 is 0 Å². The van der Waals surface area contributed by atoms with E-state index in [9.17, 15) is 0 Å². The Hall–Kier alpha value is 0.110. The number of rotatable bonds is 5. The quantitative estimate of drug-likeness (QED) is 0.867. The van der Waals surface area contributed by atoms with Crippen LogP contribution < -0.4 is 5.32 Å². The van der Waals surface area contributed by atoms with Crippen molar-refractivity contribution in [1.29, 1.82) is 0 Å². The highest BCUT2D eigenvalue weighted by atomic mass is 35.5. The van der Waals surface area contributed by atoms with Crippen molar-refractivity contribution in [3.8, 4) is 0 Å². The molecule has 0 amide bonds. The van der Waals surface area contributed by atoms with E-state index in [1.165, 1.54) is 0 Å². The standard InChI is InChI=1S/C11H15Cl2NS/c1-8(15-2)6-14-7-9-4-3-5-10(12)11(9)13/h3-5,8,14H,6-7H2,1-2H3. The van der Waals surface area contributed by atoms with Gasteiger partial charge in [-0.1, -0.05) is 42.3 Å². The number of benzene rings is 1. The normalized spacial score (nSPS) is 12.8. The first-order valence-corrected chi connectivity index (χ1v) is 6.86. The van der Waals surface area contributed by atoms with Crippen LogP contribution >= 0.6 is 35.0 Å². The van der Waals surface area contributed by atoms with Gasteiger partial charge in [0.1, 0.15) is 0 Å². The molecule has 0 saturated carbocycles. The molecule has 0 aromatic heterocycles. The molecule has 0 saturated heterocycles. The maximum absolute atomic E-state index is 6.07. The van der Waals surface area contributed by atoms with Crippen molar-refractivity contribution in [3.05, 3.63) is 33.8 Å². The number of hydrogen-bond acceptors (Lipinski definition) is 2. The molecule has 84 valence electrons. The molecule has 1 aromatic rings. The van der Waals surface area contributed by atoms with Crippen LogP contribution in [0.4, 0.5) is 0 Å². The fourth-order valence-electron chi connectivity index (χ4n) is 1.18. The summed E-state index contributed by atoms with van der Waals surface area (Å²) in [5.41, 5.74) is 1.05. The largest absolute Gasteiger partial charge is 0.312 e.